The molecule has 0 radical (unpaired) electrons. The summed E-state index contributed by atoms with van der Waals surface area (Å²) < 4.78 is 16.2. The maximum Gasteiger partial charge on any atom is 1.00 e. The van der Waals surface area contributed by atoms with E-state index in [9.17, 15) is 4.39 Å². The molecule has 4 nitrogen and oxygen atoms in total. The summed E-state index contributed by atoms with van der Waals surface area (Å²) in [7, 11) is 0. The molecule has 31 heavy (non-hydrogen) atoms. The molecule has 1 saturated carbocycles. The Kier molecular flexibility index (Phi) is 10.4. The Labute approximate surface area is 213 Å². The maximum absolute atomic E-state index is 14.0. The van der Waals surface area contributed by atoms with Gasteiger partial charge in [-0.3, -0.25) is 11.5 Å². The van der Waals surface area contributed by atoms with Gasteiger partial charge in [0.1, 0.15) is 5.82 Å². The zero-order chi connectivity index (χ0) is 21.7. The van der Waals surface area contributed by atoms with Crippen LogP contribution in [-0.2, 0) is 0 Å². The van der Waals surface area contributed by atoms with Gasteiger partial charge in [-0.1, -0.05) is 19.9 Å². The van der Waals surface area contributed by atoms with Crippen LogP contribution in [0.4, 0.5) is 4.39 Å². The van der Waals surface area contributed by atoms with Crippen molar-refractivity contribution in [2.24, 2.45) is 0 Å². The van der Waals surface area contributed by atoms with Gasteiger partial charge >= 0.3 is 29.6 Å². The maximum atomic E-state index is 14.0. The van der Waals surface area contributed by atoms with E-state index in [0.29, 0.717) is 29.2 Å². The third kappa shape index (κ3) is 6.29. The van der Waals surface area contributed by atoms with Crippen molar-refractivity contribution in [2.75, 3.05) is 13.1 Å². The summed E-state index contributed by atoms with van der Waals surface area (Å²) in [5.41, 5.74) is 8.69. The van der Waals surface area contributed by atoms with Gasteiger partial charge < -0.3 is 15.6 Å². The third-order valence-corrected chi connectivity index (χ3v) is 6.36. The Balaban J connectivity index is 0.00000111. The largest absolute Gasteiger partial charge is 1.00 e. The molecule has 4 rings (SSSR count). The number of nitrogens with zero attached hydrogens (tertiary/aromatic N) is 2. The van der Waals surface area contributed by atoms with Gasteiger partial charge in [0, 0.05) is 42.8 Å². The summed E-state index contributed by atoms with van der Waals surface area (Å²) in [5.74, 6) is -0.140. The molecule has 0 bridgehead atoms. The summed E-state index contributed by atoms with van der Waals surface area (Å²) in [5, 5.41) is 3.83. The van der Waals surface area contributed by atoms with Crippen molar-refractivity contribution in [2.45, 2.75) is 64.1 Å². The summed E-state index contributed by atoms with van der Waals surface area (Å²) in [6, 6.07) is 8.77. The molecule has 2 aliphatic rings. The quantitative estimate of drug-likeness (QED) is 0.315. The second-order valence-electron chi connectivity index (χ2n) is 7.87. The van der Waals surface area contributed by atoms with Crippen molar-refractivity contribution in [3.8, 4) is 0 Å². The van der Waals surface area contributed by atoms with E-state index >= 15 is 0 Å². The predicted molar refractivity (Wildman–Crippen MR) is 124 cm³/mol. The van der Waals surface area contributed by atoms with Gasteiger partial charge in [0.25, 0.3) is 0 Å². The van der Waals surface area contributed by atoms with Gasteiger partial charge in [0.15, 0.2) is 0 Å². The topological polar surface area (TPSA) is 44.0 Å². The minimum atomic E-state index is -0.140. The first-order chi connectivity index (χ1) is 14.5. The van der Waals surface area contributed by atoms with Crippen LogP contribution in [0.15, 0.2) is 47.4 Å². The van der Waals surface area contributed by atoms with Gasteiger partial charge in [0.2, 0.25) is 0 Å². The summed E-state index contributed by atoms with van der Waals surface area (Å²) in [6.07, 6.45) is 9.19. The van der Waals surface area contributed by atoms with Crippen molar-refractivity contribution in [1.82, 2.24) is 14.8 Å². The molecule has 2 aromatic rings. The molecular weight excluding hydrogens is 422 g/mol. The fraction of sp³-hybridized carbons (Fsp3) is 0.500. The number of allylic oxidation sites excluding steroid dienone is 1. The SMILES string of the molecule is CC.[CH-]=C(/C=C(\[NH-])Cl)NCC1CCN1C1CCC(n2ccc3c(F)cccc32)CC1.[Na+]. The fourth-order valence-electron chi connectivity index (χ4n) is 4.72. The Bertz CT molecular complexity index is 885. The van der Waals surface area contributed by atoms with E-state index in [1.54, 1.807) is 6.07 Å². The summed E-state index contributed by atoms with van der Waals surface area (Å²) in [6.45, 7) is 11.7. The van der Waals surface area contributed by atoms with Crippen molar-refractivity contribution >= 4 is 22.5 Å². The van der Waals surface area contributed by atoms with E-state index in [4.69, 9.17) is 23.9 Å². The average molecular weight is 454 g/mol. The van der Waals surface area contributed by atoms with E-state index in [1.807, 2.05) is 32.2 Å². The molecule has 1 unspecified atom stereocenters. The van der Waals surface area contributed by atoms with Gasteiger partial charge in [0.05, 0.1) is 5.52 Å². The first-order valence-corrected chi connectivity index (χ1v) is 11.4. The zero-order valence-electron chi connectivity index (χ0n) is 18.9. The van der Waals surface area contributed by atoms with Crippen LogP contribution in [0.1, 0.15) is 52.0 Å². The van der Waals surface area contributed by atoms with Crippen molar-refractivity contribution in [1.29, 1.82) is 0 Å². The molecular formula is C24H32ClFN4Na-. The smallest absolute Gasteiger partial charge is 0.705 e. The number of hydrogen-bond donors (Lipinski definition) is 1. The molecule has 1 saturated heterocycles. The zero-order valence-corrected chi connectivity index (χ0v) is 21.6. The van der Waals surface area contributed by atoms with E-state index in [0.717, 1.165) is 44.3 Å². The molecule has 0 amide bonds. The number of halogens is 2. The Hall–Kier alpha value is -0.980. The molecule has 2 fully saturated rings. The molecule has 1 aromatic carbocycles. The average Bonchev–Trinajstić information content (AvgIpc) is 3.14. The summed E-state index contributed by atoms with van der Waals surface area (Å²) >= 11 is 5.54. The van der Waals surface area contributed by atoms with Crippen molar-refractivity contribution in [3.63, 3.8) is 0 Å². The van der Waals surface area contributed by atoms with Crippen LogP contribution >= 0.6 is 11.6 Å². The normalized spacial score (nSPS) is 23.9. The number of hydrogen-bond acceptors (Lipinski definition) is 2. The van der Waals surface area contributed by atoms with Gasteiger partial charge in [-0.25, -0.2) is 4.39 Å². The molecule has 1 aliphatic carbocycles. The first kappa shape index (κ1) is 26.3. The number of aromatic nitrogens is 1. The molecule has 1 atom stereocenters. The van der Waals surface area contributed by atoms with Crippen molar-refractivity contribution < 1.29 is 33.9 Å². The van der Waals surface area contributed by atoms with Crippen LogP contribution in [-0.4, -0.2) is 34.6 Å². The summed E-state index contributed by atoms with van der Waals surface area (Å²) in [4.78, 5) is 2.58. The third-order valence-electron chi connectivity index (χ3n) is 6.25. The van der Waals surface area contributed by atoms with Crippen LogP contribution < -0.4 is 34.9 Å². The minimum absolute atomic E-state index is 0. The molecule has 0 spiro atoms. The second-order valence-corrected chi connectivity index (χ2v) is 8.27. The monoisotopic (exact) mass is 453 g/mol. The van der Waals surface area contributed by atoms with Gasteiger partial charge in [-0.15, -0.1) is 17.3 Å². The standard InChI is InChI=1S/C22H26ClFN4.C2H6.Na/c1-15(13-22(23)25)26-14-18-9-11-27(18)16-5-7-17(8-6-16)28-12-10-19-20(24)3-2-4-21(19)28;1-2;/h1-4,10,12-13,16-18,25-26H,5-9,11,14H2;1-2H3;/q-2;;+1/b22-13-;;. The van der Waals surface area contributed by atoms with Crippen LogP contribution in [0.25, 0.3) is 16.6 Å². The van der Waals surface area contributed by atoms with Crippen LogP contribution in [0.2, 0.25) is 0 Å². The Morgan fingerprint density at radius 2 is 1.87 bits per heavy atom. The number of fused-ring (bicyclic) bond motifs is 1. The Morgan fingerprint density at radius 3 is 2.48 bits per heavy atom. The second kappa shape index (κ2) is 12.3. The van der Waals surface area contributed by atoms with E-state index in [1.165, 1.54) is 18.6 Å². The first-order valence-electron chi connectivity index (χ1n) is 11.0. The number of benzene rings is 1. The number of rotatable bonds is 6. The molecule has 164 valence electrons. The molecule has 2 N–H and O–H groups in total. The van der Waals surface area contributed by atoms with Crippen LogP contribution in [0, 0.1) is 12.4 Å². The van der Waals surface area contributed by atoms with E-state index < -0.39 is 0 Å². The van der Waals surface area contributed by atoms with Crippen LogP contribution in [0.3, 0.4) is 0 Å². The van der Waals surface area contributed by atoms with Gasteiger partial charge in [-0.2, -0.15) is 11.2 Å². The van der Waals surface area contributed by atoms with E-state index in [-0.39, 0.29) is 40.5 Å². The molecule has 1 aliphatic heterocycles. The Morgan fingerprint density at radius 1 is 1.19 bits per heavy atom. The predicted octanol–water partition coefficient (Wildman–Crippen LogP) is 3.41. The minimum Gasteiger partial charge on any atom is -0.705 e. The molecule has 2 heterocycles. The molecule has 1 aromatic heterocycles. The van der Waals surface area contributed by atoms with Crippen LogP contribution in [0.5, 0.6) is 0 Å². The van der Waals surface area contributed by atoms with E-state index in [2.05, 4.69) is 14.8 Å². The fourth-order valence-corrected chi connectivity index (χ4v) is 4.84. The number of nitrogens with one attached hydrogen (secondary N) is 2. The molecule has 7 heteroatoms. The number of likely N-dealkylation sites (tertiary alicyclic amines) is 1. The van der Waals surface area contributed by atoms with Crippen molar-refractivity contribution in [3.05, 3.63) is 65.5 Å². The van der Waals surface area contributed by atoms with Gasteiger partial charge in [-0.05, 0) is 50.3 Å².